The van der Waals surface area contributed by atoms with E-state index in [-0.39, 0.29) is 17.3 Å². The van der Waals surface area contributed by atoms with Gasteiger partial charge in [0.2, 0.25) is 11.5 Å². The van der Waals surface area contributed by atoms with Crippen molar-refractivity contribution in [1.29, 1.82) is 0 Å². The Morgan fingerprint density at radius 1 is 1.48 bits per heavy atom. The van der Waals surface area contributed by atoms with Gasteiger partial charge < -0.3 is 9.87 Å². The van der Waals surface area contributed by atoms with Crippen LogP contribution in [0.15, 0.2) is 62.9 Å². The molecule has 0 bridgehead atoms. The number of amides is 1. The van der Waals surface area contributed by atoms with E-state index in [0.717, 1.165) is 14.7 Å². The minimum atomic E-state index is -1.79. The van der Waals surface area contributed by atoms with Crippen LogP contribution in [-0.4, -0.2) is 27.0 Å². The summed E-state index contributed by atoms with van der Waals surface area (Å²) in [5.74, 6) is -1.10. The molecule has 5 nitrogen and oxygen atoms in total. The third-order valence-corrected chi connectivity index (χ3v) is 6.45. The van der Waals surface area contributed by atoms with Crippen molar-refractivity contribution in [3.05, 3.63) is 74.3 Å². The Labute approximate surface area is 175 Å². The van der Waals surface area contributed by atoms with Crippen molar-refractivity contribution < 1.29 is 13.7 Å². The van der Waals surface area contributed by atoms with Crippen molar-refractivity contribution in [2.75, 3.05) is 11.9 Å². The first-order chi connectivity index (χ1) is 12.9. The number of benzene rings is 1. The van der Waals surface area contributed by atoms with E-state index in [1.165, 1.54) is 33.9 Å². The maximum Gasteiger partial charge on any atom is 0.276 e. The summed E-state index contributed by atoms with van der Waals surface area (Å²) in [5.41, 5.74) is 0.911. The molecule has 1 unspecified atom stereocenters. The number of hydrogen-bond acceptors (Lipinski definition) is 5. The first kappa shape index (κ1) is 20.1. The van der Waals surface area contributed by atoms with Crippen LogP contribution in [0.25, 0.3) is 0 Å². The van der Waals surface area contributed by atoms with Gasteiger partial charge in [-0.2, -0.15) is 4.31 Å². The van der Waals surface area contributed by atoms with E-state index in [1.54, 1.807) is 6.08 Å². The molecule has 0 saturated heterocycles. The molecule has 1 aromatic carbocycles. The summed E-state index contributed by atoms with van der Waals surface area (Å²) in [6, 6.07) is 7.51. The van der Waals surface area contributed by atoms with Gasteiger partial charge in [-0.15, -0.1) is 17.9 Å². The Bertz CT molecular complexity index is 963. The standard InChI is InChI=1S/C17H12BrClFN3O2S2/c1-2-7-23-14(17(24)21-10-3-4-12(20)11(19)8-10)9-13(22-27(23)25)15-5-6-16(18)26-15/h2-6,8-9H,1,7H2,(H,21,24). The lowest BCUT2D eigenvalue weighted by atomic mass is 10.2. The zero-order chi connectivity index (χ0) is 19.6. The SMILES string of the molecule is C=CCN1C(C(=O)Nc2ccc(F)c(Cl)c2)=CC(c2ccc(Br)s2)=N[S+]1[O-]. The minimum absolute atomic E-state index is 0.109. The van der Waals surface area contributed by atoms with E-state index in [0.29, 0.717) is 11.4 Å². The molecule has 2 heterocycles. The first-order valence-electron chi connectivity index (χ1n) is 7.52. The number of hydrogen-bond donors (Lipinski definition) is 1. The van der Waals surface area contributed by atoms with Gasteiger partial charge in [0, 0.05) is 11.8 Å². The van der Waals surface area contributed by atoms with Crippen LogP contribution in [0.5, 0.6) is 0 Å². The van der Waals surface area contributed by atoms with Gasteiger partial charge in [-0.05, 0) is 50.7 Å². The number of nitrogens with zero attached hydrogens (tertiary/aromatic N) is 2. The van der Waals surface area contributed by atoms with E-state index in [1.807, 2.05) is 12.1 Å². The molecular formula is C17H12BrClFN3O2S2. The summed E-state index contributed by atoms with van der Waals surface area (Å²) >= 11 is 8.75. The lowest BCUT2D eigenvalue weighted by Gasteiger charge is -2.25. The van der Waals surface area contributed by atoms with Gasteiger partial charge in [0.15, 0.2) is 5.70 Å². The van der Waals surface area contributed by atoms with Gasteiger partial charge in [-0.1, -0.05) is 17.7 Å². The van der Waals surface area contributed by atoms with Gasteiger partial charge in [0.1, 0.15) is 11.5 Å². The zero-order valence-corrected chi connectivity index (χ0v) is 17.6. The van der Waals surface area contributed by atoms with Crippen LogP contribution in [0.4, 0.5) is 10.1 Å². The number of carbonyl (C=O) groups is 1. The molecule has 1 atom stereocenters. The molecule has 0 fully saturated rings. The van der Waals surface area contributed by atoms with Gasteiger partial charge >= 0.3 is 0 Å². The van der Waals surface area contributed by atoms with Crippen LogP contribution in [0, 0.1) is 5.82 Å². The molecule has 1 aliphatic rings. The Morgan fingerprint density at radius 2 is 2.26 bits per heavy atom. The Kier molecular flexibility index (Phi) is 6.38. The molecule has 1 amide bonds. The fourth-order valence-electron chi connectivity index (χ4n) is 2.24. The van der Waals surface area contributed by atoms with Gasteiger partial charge in [-0.25, -0.2) is 4.39 Å². The van der Waals surface area contributed by atoms with Gasteiger partial charge in [0.05, 0.1) is 20.2 Å². The lowest BCUT2D eigenvalue weighted by Crippen LogP contribution is -2.38. The fourth-order valence-corrected chi connectivity index (χ4v) is 4.78. The normalized spacial score (nSPS) is 16.6. The van der Waals surface area contributed by atoms with Crippen molar-refractivity contribution in [2.45, 2.75) is 0 Å². The van der Waals surface area contributed by atoms with Crippen molar-refractivity contribution in [1.82, 2.24) is 4.31 Å². The highest BCUT2D eigenvalue weighted by Gasteiger charge is 2.33. The summed E-state index contributed by atoms with van der Waals surface area (Å²) in [6.45, 7) is 3.79. The van der Waals surface area contributed by atoms with Crippen molar-refractivity contribution in [3.8, 4) is 0 Å². The minimum Gasteiger partial charge on any atom is -0.566 e. The average Bonchev–Trinajstić information content (AvgIpc) is 3.06. The van der Waals surface area contributed by atoms with E-state index < -0.39 is 23.3 Å². The summed E-state index contributed by atoms with van der Waals surface area (Å²) < 4.78 is 32.2. The van der Waals surface area contributed by atoms with Crippen LogP contribution in [-0.2, 0) is 16.3 Å². The smallest absolute Gasteiger partial charge is 0.276 e. The Hall–Kier alpha value is -1.65. The predicted octanol–water partition coefficient (Wildman–Crippen LogP) is 4.70. The van der Waals surface area contributed by atoms with Crippen molar-refractivity contribution in [3.63, 3.8) is 0 Å². The highest BCUT2D eigenvalue weighted by Crippen LogP contribution is 2.28. The van der Waals surface area contributed by atoms with Crippen LogP contribution < -0.4 is 5.32 Å². The molecule has 1 aromatic heterocycles. The maximum absolute atomic E-state index is 13.3. The van der Waals surface area contributed by atoms with Crippen LogP contribution in [0.2, 0.25) is 5.02 Å². The largest absolute Gasteiger partial charge is 0.566 e. The van der Waals surface area contributed by atoms with Crippen molar-refractivity contribution >= 4 is 67.7 Å². The molecule has 2 aromatic rings. The number of nitrogens with one attached hydrogen (secondary N) is 1. The molecule has 10 heteroatoms. The van der Waals surface area contributed by atoms with Gasteiger partial charge in [-0.3, -0.25) is 4.79 Å². The number of carbonyl (C=O) groups excluding carboxylic acids is 1. The lowest BCUT2D eigenvalue weighted by molar-refractivity contribution is -0.113. The maximum atomic E-state index is 13.3. The van der Waals surface area contributed by atoms with Crippen molar-refractivity contribution in [2.24, 2.45) is 4.40 Å². The number of thiophene rings is 1. The molecule has 0 radical (unpaired) electrons. The zero-order valence-electron chi connectivity index (χ0n) is 13.6. The summed E-state index contributed by atoms with van der Waals surface area (Å²) in [5, 5.41) is 2.53. The first-order valence-corrected chi connectivity index (χ1v) is 10.6. The second-order valence-electron chi connectivity index (χ2n) is 5.27. The Morgan fingerprint density at radius 3 is 2.89 bits per heavy atom. The van der Waals surface area contributed by atoms with Gasteiger partial charge in [0.25, 0.3) is 5.91 Å². The number of halogens is 3. The second kappa shape index (κ2) is 8.57. The molecule has 140 valence electrons. The van der Waals surface area contributed by atoms with E-state index in [9.17, 15) is 13.7 Å². The quantitative estimate of drug-likeness (QED) is 0.490. The summed E-state index contributed by atoms with van der Waals surface area (Å²) in [4.78, 5) is 13.6. The van der Waals surface area contributed by atoms with Crippen LogP contribution in [0.3, 0.4) is 0 Å². The molecule has 0 aliphatic carbocycles. The molecular weight excluding hydrogens is 477 g/mol. The molecule has 1 N–H and O–H groups in total. The van der Waals surface area contributed by atoms with E-state index in [4.69, 9.17) is 11.6 Å². The topological polar surface area (TPSA) is 67.8 Å². The number of anilines is 1. The highest BCUT2D eigenvalue weighted by molar-refractivity contribution is 9.11. The fraction of sp³-hybridized carbons (Fsp3) is 0.0588. The predicted molar refractivity (Wildman–Crippen MR) is 112 cm³/mol. The van der Waals surface area contributed by atoms with Crippen LogP contribution >= 0.6 is 38.9 Å². The molecule has 1 aliphatic heterocycles. The highest BCUT2D eigenvalue weighted by atomic mass is 79.9. The molecule has 27 heavy (non-hydrogen) atoms. The van der Waals surface area contributed by atoms with E-state index >= 15 is 0 Å². The summed E-state index contributed by atoms with van der Waals surface area (Å²) in [7, 11) is 0. The summed E-state index contributed by atoms with van der Waals surface area (Å²) in [6.07, 6.45) is 3.08. The third-order valence-electron chi connectivity index (χ3n) is 3.44. The second-order valence-corrected chi connectivity index (χ2v) is 9.23. The average molecular weight is 489 g/mol. The third kappa shape index (κ3) is 4.61. The molecule has 0 saturated carbocycles. The van der Waals surface area contributed by atoms with Crippen LogP contribution in [0.1, 0.15) is 4.88 Å². The molecule has 3 rings (SSSR count). The number of rotatable bonds is 5. The van der Waals surface area contributed by atoms with E-state index in [2.05, 4.69) is 32.2 Å². The Balaban J connectivity index is 1.92. The number of allylic oxidation sites excluding steroid dienone is 1. The monoisotopic (exact) mass is 487 g/mol. The molecule has 0 spiro atoms.